The van der Waals surface area contributed by atoms with E-state index < -0.39 is 10.3 Å². The van der Waals surface area contributed by atoms with Gasteiger partial charge in [-0.05, 0) is 50.1 Å². The van der Waals surface area contributed by atoms with Gasteiger partial charge in [-0.3, -0.25) is 4.79 Å². The van der Waals surface area contributed by atoms with E-state index in [-0.39, 0.29) is 18.3 Å². The van der Waals surface area contributed by atoms with Gasteiger partial charge in [0.05, 0.1) is 11.3 Å². The summed E-state index contributed by atoms with van der Waals surface area (Å²) in [7, 11) is 0. The van der Waals surface area contributed by atoms with E-state index in [0.29, 0.717) is 5.56 Å². The van der Waals surface area contributed by atoms with Gasteiger partial charge in [0.15, 0.2) is 0 Å². The molecular formula is C15H20FNO2S. The highest BCUT2D eigenvalue weighted by atomic mass is 32.2. The quantitative estimate of drug-likeness (QED) is 0.897. The molecule has 0 aromatic heterocycles. The van der Waals surface area contributed by atoms with Crippen LogP contribution in [0.2, 0.25) is 0 Å². The van der Waals surface area contributed by atoms with Gasteiger partial charge in [-0.1, -0.05) is 12.1 Å². The first-order valence-corrected chi connectivity index (χ1v) is 7.73. The number of carbonyl (C=O) groups excluding carboxylic acids is 1. The number of thioether (sulfide) groups is 1. The zero-order chi connectivity index (χ0) is 14.8. The lowest BCUT2D eigenvalue weighted by Crippen LogP contribution is -2.46. The van der Waals surface area contributed by atoms with E-state index in [1.54, 1.807) is 18.7 Å². The van der Waals surface area contributed by atoms with Crippen molar-refractivity contribution in [2.75, 3.05) is 12.3 Å². The molecule has 1 aromatic rings. The minimum absolute atomic E-state index is 0.0395. The topological polar surface area (TPSA) is 49.3 Å². The second-order valence-corrected chi connectivity index (χ2v) is 7.24. The van der Waals surface area contributed by atoms with Crippen molar-refractivity contribution in [3.8, 4) is 0 Å². The van der Waals surface area contributed by atoms with E-state index in [0.717, 1.165) is 18.6 Å². The van der Waals surface area contributed by atoms with Crippen LogP contribution in [0.4, 0.5) is 4.39 Å². The Labute approximate surface area is 123 Å². The molecule has 1 saturated heterocycles. The summed E-state index contributed by atoms with van der Waals surface area (Å²) < 4.78 is 12.5. The van der Waals surface area contributed by atoms with Gasteiger partial charge in [0, 0.05) is 0 Å². The summed E-state index contributed by atoms with van der Waals surface area (Å²) in [5.41, 5.74) is -0.619. The first-order valence-electron chi connectivity index (χ1n) is 6.74. The van der Waals surface area contributed by atoms with Crippen molar-refractivity contribution in [3.63, 3.8) is 0 Å². The first kappa shape index (κ1) is 15.3. The molecule has 2 rings (SSSR count). The number of benzene rings is 1. The summed E-state index contributed by atoms with van der Waals surface area (Å²) in [5, 5.41) is 13.2. The molecule has 1 fully saturated rings. The highest BCUT2D eigenvalue weighted by Crippen LogP contribution is 2.37. The van der Waals surface area contributed by atoms with E-state index in [4.69, 9.17) is 0 Å². The van der Waals surface area contributed by atoms with E-state index in [2.05, 4.69) is 5.32 Å². The molecule has 2 unspecified atom stereocenters. The molecule has 1 aliphatic heterocycles. The zero-order valence-electron chi connectivity index (χ0n) is 11.8. The smallest absolute Gasteiger partial charge is 0.236 e. The van der Waals surface area contributed by atoms with E-state index in [1.165, 1.54) is 24.3 Å². The molecule has 0 aliphatic carbocycles. The van der Waals surface area contributed by atoms with Crippen LogP contribution >= 0.6 is 11.8 Å². The number of nitrogens with one attached hydrogen (secondary N) is 1. The average molecular weight is 297 g/mol. The predicted molar refractivity (Wildman–Crippen MR) is 79.1 cm³/mol. The van der Waals surface area contributed by atoms with Gasteiger partial charge in [-0.2, -0.15) is 0 Å². The van der Waals surface area contributed by atoms with Crippen LogP contribution in [0.5, 0.6) is 0 Å². The number of halogens is 1. The van der Waals surface area contributed by atoms with E-state index in [1.807, 2.05) is 6.92 Å². The number of carbonyl (C=O) groups is 1. The summed E-state index contributed by atoms with van der Waals surface area (Å²) in [6.45, 7) is 3.67. The molecule has 2 atom stereocenters. The van der Waals surface area contributed by atoms with Crippen LogP contribution in [-0.4, -0.2) is 28.1 Å². The molecule has 0 saturated carbocycles. The maximum Gasteiger partial charge on any atom is 0.236 e. The third kappa shape index (κ3) is 3.33. The van der Waals surface area contributed by atoms with E-state index in [9.17, 15) is 14.3 Å². The van der Waals surface area contributed by atoms with Crippen molar-refractivity contribution in [1.29, 1.82) is 0 Å². The number of aliphatic hydroxyl groups is 1. The van der Waals surface area contributed by atoms with Crippen LogP contribution in [0.1, 0.15) is 32.3 Å². The van der Waals surface area contributed by atoms with Crippen molar-refractivity contribution in [3.05, 3.63) is 35.6 Å². The number of amides is 1. The zero-order valence-corrected chi connectivity index (χ0v) is 12.6. The number of rotatable bonds is 4. The van der Waals surface area contributed by atoms with Crippen LogP contribution in [0, 0.1) is 5.82 Å². The molecule has 5 heteroatoms. The van der Waals surface area contributed by atoms with Gasteiger partial charge in [0.2, 0.25) is 5.91 Å². The molecule has 20 heavy (non-hydrogen) atoms. The minimum Gasteiger partial charge on any atom is -0.384 e. The Balaban J connectivity index is 1.98. The third-order valence-electron chi connectivity index (χ3n) is 3.76. The van der Waals surface area contributed by atoms with Crippen LogP contribution in [0.15, 0.2) is 24.3 Å². The molecule has 1 aromatic carbocycles. The molecular weight excluding hydrogens is 277 g/mol. The van der Waals surface area contributed by atoms with Crippen molar-refractivity contribution in [1.82, 2.24) is 5.32 Å². The molecule has 0 bridgehead atoms. The van der Waals surface area contributed by atoms with Crippen molar-refractivity contribution in [2.45, 2.75) is 37.0 Å². The normalized spacial score (nSPS) is 25.2. The lowest BCUT2D eigenvalue weighted by Gasteiger charge is -2.27. The highest BCUT2D eigenvalue weighted by Gasteiger charge is 2.38. The highest BCUT2D eigenvalue weighted by molar-refractivity contribution is 8.01. The molecule has 0 spiro atoms. The van der Waals surface area contributed by atoms with Crippen molar-refractivity contribution in [2.24, 2.45) is 0 Å². The molecule has 1 amide bonds. The maximum atomic E-state index is 12.9. The van der Waals surface area contributed by atoms with Gasteiger partial charge >= 0.3 is 0 Å². The Kier molecular flexibility index (Phi) is 4.39. The Morgan fingerprint density at radius 1 is 1.50 bits per heavy atom. The molecule has 3 nitrogen and oxygen atoms in total. The summed E-state index contributed by atoms with van der Waals surface area (Å²) in [6.07, 6.45) is 1.91. The van der Waals surface area contributed by atoms with Gasteiger partial charge < -0.3 is 10.4 Å². The fourth-order valence-electron chi connectivity index (χ4n) is 2.31. The monoisotopic (exact) mass is 297 g/mol. The predicted octanol–water partition coefficient (Wildman–Crippen LogP) is 2.44. The Morgan fingerprint density at radius 3 is 2.70 bits per heavy atom. The van der Waals surface area contributed by atoms with Gasteiger partial charge in [0.25, 0.3) is 0 Å². The van der Waals surface area contributed by atoms with Gasteiger partial charge in [-0.25, -0.2) is 4.39 Å². The molecule has 1 heterocycles. The number of hydrogen-bond acceptors (Lipinski definition) is 3. The van der Waals surface area contributed by atoms with Crippen LogP contribution in [0.25, 0.3) is 0 Å². The SMILES string of the molecule is CC1(C(=O)NCC(C)(O)c2ccc(F)cc2)CCCS1. The second-order valence-electron chi connectivity index (χ2n) is 5.65. The fourth-order valence-corrected chi connectivity index (χ4v) is 3.54. The first-order chi connectivity index (χ1) is 9.33. The van der Waals surface area contributed by atoms with Crippen LogP contribution in [0.3, 0.4) is 0 Å². The minimum atomic E-state index is -1.21. The van der Waals surface area contributed by atoms with Gasteiger partial charge in [-0.15, -0.1) is 11.8 Å². The summed E-state index contributed by atoms with van der Waals surface area (Å²) >= 11 is 1.66. The van der Waals surface area contributed by atoms with Crippen molar-refractivity contribution >= 4 is 17.7 Å². The molecule has 0 radical (unpaired) electrons. The Bertz CT molecular complexity index is 481. The average Bonchev–Trinajstić information content (AvgIpc) is 2.85. The summed E-state index contributed by atoms with van der Waals surface area (Å²) in [5.74, 6) is 0.615. The second kappa shape index (κ2) is 5.74. The summed E-state index contributed by atoms with van der Waals surface area (Å²) in [4.78, 5) is 12.2. The lowest BCUT2D eigenvalue weighted by molar-refractivity contribution is -0.124. The van der Waals surface area contributed by atoms with Crippen LogP contribution < -0.4 is 5.32 Å². The standard InChI is InChI=1S/C15H20FNO2S/c1-14(19,11-4-6-12(16)7-5-11)10-17-13(18)15(2)8-3-9-20-15/h4-7,19H,3,8-10H2,1-2H3,(H,17,18). The lowest BCUT2D eigenvalue weighted by atomic mass is 9.95. The third-order valence-corrected chi connectivity index (χ3v) is 5.28. The molecule has 2 N–H and O–H groups in total. The van der Waals surface area contributed by atoms with Gasteiger partial charge in [0.1, 0.15) is 11.4 Å². The Morgan fingerprint density at radius 2 is 2.15 bits per heavy atom. The van der Waals surface area contributed by atoms with E-state index >= 15 is 0 Å². The van der Waals surface area contributed by atoms with Crippen LogP contribution in [-0.2, 0) is 10.4 Å². The molecule has 110 valence electrons. The van der Waals surface area contributed by atoms with Crippen molar-refractivity contribution < 1.29 is 14.3 Å². The maximum absolute atomic E-state index is 12.9. The fraction of sp³-hybridized carbons (Fsp3) is 0.533. The largest absolute Gasteiger partial charge is 0.384 e. The molecule has 1 aliphatic rings. The number of hydrogen-bond donors (Lipinski definition) is 2. The Hall–Kier alpha value is -1.07. The summed E-state index contributed by atoms with van der Waals surface area (Å²) in [6, 6.07) is 5.68.